The molecule has 0 fully saturated rings. The Bertz CT molecular complexity index is 1460. The Balaban J connectivity index is 1.64. The smallest absolute Gasteiger partial charge is 0.394 e. The second-order valence-corrected chi connectivity index (χ2v) is 7.87. The third-order valence-electron chi connectivity index (χ3n) is 6.04. The molecule has 3 heteroatoms. The van der Waals surface area contributed by atoms with E-state index in [0.717, 1.165) is 50.7 Å². The summed E-state index contributed by atoms with van der Waals surface area (Å²) in [6.45, 7) is 4.26. The lowest BCUT2D eigenvalue weighted by atomic mass is 9.93. The van der Waals surface area contributed by atoms with E-state index in [4.69, 9.17) is 9.47 Å². The third-order valence-corrected chi connectivity index (χ3v) is 6.04. The van der Waals surface area contributed by atoms with Gasteiger partial charge in [0.1, 0.15) is 11.5 Å². The number of ether oxygens (including phenoxy) is 2. The van der Waals surface area contributed by atoms with Crippen LogP contribution in [0.1, 0.15) is 25.0 Å². The second kappa shape index (κ2) is 8.35. The van der Waals surface area contributed by atoms with Crippen molar-refractivity contribution in [3.8, 4) is 11.5 Å². The lowest BCUT2D eigenvalue weighted by molar-refractivity contribution is 0.153. The first-order valence-corrected chi connectivity index (χ1v) is 11.0. The van der Waals surface area contributed by atoms with Crippen molar-refractivity contribution >= 4 is 38.5 Å². The lowest BCUT2D eigenvalue weighted by Crippen LogP contribution is -2.14. The number of fused-ring (bicyclic) bond motifs is 3. The van der Waals surface area contributed by atoms with Crippen molar-refractivity contribution in [3.05, 3.63) is 96.1 Å². The molecule has 0 radical (unpaired) electrons. The van der Waals surface area contributed by atoms with Crippen molar-refractivity contribution in [2.75, 3.05) is 0 Å². The highest BCUT2D eigenvalue weighted by atomic mass is 16.7. The monoisotopic (exact) mass is 420 g/mol. The second-order valence-electron chi connectivity index (χ2n) is 7.87. The van der Waals surface area contributed by atoms with Crippen LogP contribution >= 0.6 is 0 Å². The van der Waals surface area contributed by atoms with Crippen LogP contribution in [0.15, 0.2) is 84.9 Å². The molecule has 0 saturated carbocycles. The Kier molecular flexibility index (Phi) is 5.24. The highest BCUT2D eigenvalue weighted by molar-refractivity contribution is 6.08. The van der Waals surface area contributed by atoms with Gasteiger partial charge >= 0.3 is 6.16 Å². The van der Waals surface area contributed by atoms with E-state index in [2.05, 4.69) is 38.1 Å². The first-order chi connectivity index (χ1) is 15.7. The zero-order valence-electron chi connectivity index (χ0n) is 18.2. The third kappa shape index (κ3) is 3.46. The standard InChI is InChI=1S/C29H24O3/c1-3-19-16-17-20(4-2)27-25(19)18-22-11-6-8-14-24(22)28(27)32-29(30)31-26-15-9-12-21-10-5-7-13-23(21)26/h5-18H,3-4H2,1-2H3. The van der Waals surface area contributed by atoms with Gasteiger partial charge in [0, 0.05) is 16.2 Å². The van der Waals surface area contributed by atoms with Crippen LogP contribution in [-0.4, -0.2) is 6.16 Å². The molecule has 5 rings (SSSR count). The molecule has 158 valence electrons. The Labute approximate surface area is 187 Å². The van der Waals surface area contributed by atoms with Gasteiger partial charge in [-0.15, -0.1) is 0 Å². The molecule has 0 aliphatic rings. The maximum atomic E-state index is 13.0. The lowest BCUT2D eigenvalue weighted by Gasteiger charge is -2.17. The summed E-state index contributed by atoms with van der Waals surface area (Å²) in [6.07, 6.45) is 1.01. The van der Waals surface area contributed by atoms with Gasteiger partial charge in [-0.05, 0) is 52.3 Å². The van der Waals surface area contributed by atoms with Gasteiger partial charge in [0.05, 0.1) is 0 Å². The molecule has 5 aromatic carbocycles. The quantitative estimate of drug-likeness (QED) is 0.169. The Hall–Kier alpha value is -3.85. The normalized spacial score (nSPS) is 11.2. The first kappa shape index (κ1) is 20.1. The fourth-order valence-corrected chi connectivity index (χ4v) is 4.45. The SMILES string of the molecule is CCc1ccc(CC)c2c(OC(=O)Oc3cccc4ccccc34)c3ccccc3cc12. The number of benzene rings is 5. The minimum absolute atomic E-state index is 0.489. The summed E-state index contributed by atoms with van der Waals surface area (Å²) in [4.78, 5) is 13.0. The van der Waals surface area contributed by atoms with Gasteiger partial charge in [0.15, 0.2) is 0 Å². The fraction of sp³-hybridized carbons (Fsp3) is 0.138. The van der Waals surface area contributed by atoms with Gasteiger partial charge in [0.2, 0.25) is 0 Å². The van der Waals surface area contributed by atoms with Crippen molar-refractivity contribution in [2.24, 2.45) is 0 Å². The summed E-state index contributed by atoms with van der Waals surface area (Å²) in [6, 6.07) is 28.0. The van der Waals surface area contributed by atoms with E-state index in [-0.39, 0.29) is 0 Å². The summed E-state index contributed by atoms with van der Waals surface area (Å²) in [5.41, 5.74) is 2.38. The predicted octanol–water partition coefficient (Wildman–Crippen LogP) is 7.85. The number of hydrogen-bond donors (Lipinski definition) is 0. The number of aryl methyl sites for hydroxylation is 2. The summed E-state index contributed by atoms with van der Waals surface area (Å²) in [5.74, 6) is 1.05. The summed E-state index contributed by atoms with van der Waals surface area (Å²) in [7, 11) is 0. The van der Waals surface area contributed by atoms with Crippen LogP contribution in [0.5, 0.6) is 11.5 Å². The minimum Gasteiger partial charge on any atom is -0.394 e. The molecule has 5 aromatic rings. The van der Waals surface area contributed by atoms with Crippen LogP contribution in [0.3, 0.4) is 0 Å². The first-order valence-electron chi connectivity index (χ1n) is 11.0. The van der Waals surface area contributed by atoms with E-state index in [1.165, 1.54) is 5.56 Å². The van der Waals surface area contributed by atoms with Gasteiger partial charge in [-0.1, -0.05) is 86.6 Å². The van der Waals surface area contributed by atoms with Crippen molar-refractivity contribution in [1.29, 1.82) is 0 Å². The molecule has 32 heavy (non-hydrogen) atoms. The van der Waals surface area contributed by atoms with Crippen LogP contribution in [0.4, 0.5) is 4.79 Å². The maximum Gasteiger partial charge on any atom is 0.519 e. The molecule has 0 bridgehead atoms. The molecule has 0 heterocycles. The summed E-state index contributed by atoms with van der Waals surface area (Å²) >= 11 is 0. The van der Waals surface area contributed by atoms with E-state index >= 15 is 0 Å². The Morgan fingerprint density at radius 2 is 1.31 bits per heavy atom. The average molecular weight is 421 g/mol. The predicted molar refractivity (Wildman–Crippen MR) is 131 cm³/mol. The molecule has 0 spiro atoms. The molecular weight excluding hydrogens is 396 g/mol. The van der Waals surface area contributed by atoms with E-state index < -0.39 is 6.16 Å². The van der Waals surface area contributed by atoms with Crippen molar-refractivity contribution in [3.63, 3.8) is 0 Å². The zero-order valence-corrected chi connectivity index (χ0v) is 18.2. The molecule has 0 unspecified atom stereocenters. The number of carbonyl (C=O) groups excluding carboxylic acids is 1. The zero-order chi connectivity index (χ0) is 22.1. The molecular formula is C29H24O3. The maximum absolute atomic E-state index is 13.0. The molecule has 0 N–H and O–H groups in total. The van der Waals surface area contributed by atoms with Crippen LogP contribution in [-0.2, 0) is 12.8 Å². The van der Waals surface area contributed by atoms with E-state index in [1.54, 1.807) is 6.07 Å². The van der Waals surface area contributed by atoms with Gasteiger partial charge < -0.3 is 9.47 Å². The topological polar surface area (TPSA) is 35.5 Å². The molecule has 0 atom stereocenters. The van der Waals surface area contributed by atoms with Crippen LogP contribution in [0.2, 0.25) is 0 Å². The molecule has 0 aromatic heterocycles. The van der Waals surface area contributed by atoms with Crippen molar-refractivity contribution < 1.29 is 14.3 Å². The average Bonchev–Trinajstić information content (AvgIpc) is 2.83. The number of carbonyl (C=O) groups is 1. The van der Waals surface area contributed by atoms with Gasteiger partial charge in [-0.3, -0.25) is 0 Å². The van der Waals surface area contributed by atoms with Crippen LogP contribution in [0.25, 0.3) is 32.3 Å². The highest BCUT2D eigenvalue weighted by Gasteiger charge is 2.19. The van der Waals surface area contributed by atoms with Crippen LogP contribution in [0, 0.1) is 0 Å². The Morgan fingerprint density at radius 1 is 0.656 bits per heavy atom. The van der Waals surface area contributed by atoms with E-state index in [0.29, 0.717) is 11.5 Å². The fourth-order valence-electron chi connectivity index (χ4n) is 4.45. The van der Waals surface area contributed by atoms with Gasteiger partial charge in [-0.2, -0.15) is 0 Å². The minimum atomic E-state index is -0.733. The van der Waals surface area contributed by atoms with E-state index in [1.807, 2.05) is 54.6 Å². The van der Waals surface area contributed by atoms with Crippen molar-refractivity contribution in [1.82, 2.24) is 0 Å². The molecule has 0 aliphatic heterocycles. The molecule has 0 amide bonds. The Morgan fingerprint density at radius 3 is 2.09 bits per heavy atom. The summed E-state index contributed by atoms with van der Waals surface area (Å²) in [5, 5.41) is 5.93. The van der Waals surface area contributed by atoms with Crippen molar-refractivity contribution in [2.45, 2.75) is 26.7 Å². The van der Waals surface area contributed by atoms with Crippen LogP contribution < -0.4 is 9.47 Å². The van der Waals surface area contributed by atoms with Gasteiger partial charge in [-0.25, -0.2) is 4.79 Å². The molecule has 0 aliphatic carbocycles. The number of hydrogen-bond acceptors (Lipinski definition) is 3. The molecule has 0 saturated heterocycles. The number of rotatable bonds is 4. The highest BCUT2D eigenvalue weighted by Crippen LogP contribution is 2.39. The van der Waals surface area contributed by atoms with E-state index in [9.17, 15) is 4.79 Å². The summed E-state index contributed by atoms with van der Waals surface area (Å²) < 4.78 is 11.7. The van der Waals surface area contributed by atoms with Gasteiger partial charge in [0.25, 0.3) is 0 Å². The largest absolute Gasteiger partial charge is 0.519 e. The molecule has 3 nitrogen and oxygen atoms in total.